The van der Waals surface area contributed by atoms with Gasteiger partial charge in [0.1, 0.15) is 5.82 Å². The second kappa shape index (κ2) is 9.27. The predicted octanol–water partition coefficient (Wildman–Crippen LogP) is 2.87. The normalized spacial score (nSPS) is 17.7. The van der Waals surface area contributed by atoms with Crippen LogP contribution in [0, 0.1) is 0 Å². The zero-order valence-electron chi connectivity index (χ0n) is 13.1. The molecule has 1 aliphatic rings. The molecule has 1 fully saturated rings. The predicted molar refractivity (Wildman–Crippen MR) is 95.0 cm³/mol. The van der Waals surface area contributed by atoms with Gasteiger partial charge in [0.05, 0.1) is 19.2 Å². The first-order valence-corrected chi connectivity index (χ1v) is 8.76. The van der Waals surface area contributed by atoms with Crippen molar-refractivity contribution in [3.63, 3.8) is 0 Å². The standard InChI is InChI=1S/C16H22N4OS.ClH/c17-10-15-18-19-16(22-12-14-8-4-5-9-21-14)20(15)11-13-6-2-1-3-7-13;/h1-3,6-7,14H,4-5,8-12,17H2;1H. The second-order valence-corrected chi connectivity index (χ2v) is 6.46. The van der Waals surface area contributed by atoms with Crippen molar-refractivity contribution in [3.8, 4) is 0 Å². The summed E-state index contributed by atoms with van der Waals surface area (Å²) in [5.74, 6) is 1.76. The summed E-state index contributed by atoms with van der Waals surface area (Å²) < 4.78 is 7.90. The number of ether oxygens (including phenoxy) is 1. The SMILES string of the molecule is Cl.NCc1nnc(SCC2CCCCO2)n1Cc1ccccc1. The van der Waals surface area contributed by atoms with Gasteiger partial charge in [0.2, 0.25) is 0 Å². The van der Waals surface area contributed by atoms with E-state index in [1.165, 1.54) is 18.4 Å². The molecule has 3 rings (SSSR count). The third kappa shape index (κ3) is 4.94. The molecule has 1 aliphatic heterocycles. The highest BCUT2D eigenvalue weighted by atomic mass is 35.5. The topological polar surface area (TPSA) is 66.0 Å². The molecule has 2 N–H and O–H groups in total. The van der Waals surface area contributed by atoms with Crippen LogP contribution in [0.5, 0.6) is 0 Å². The maximum atomic E-state index is 5.80. The molecular weight excluding hydrogens is 332 g/mol. The van der Waals surface area contributed by atoms with Gasteiger partial charge in [0.15, 0.2) is 5.16 Å². The van der Waals surface area contributed by atoms with Gasteiger partial charge in [-0.1, -0.05) is 42.1 Å². The van der Waals surface area contributed by atoms with Crippen molar-refractivity contribution in [2.24, 2.45) is 5.73 Å². The molecule has 0 aliphatic carbocycles. The summed E-state index contributed by atoms with van der Waals surface area (Å²) in [6, 6.07) is 10.3. The minimum atomic E-state index is 0. The average molecular weight is 355 g/mol. The van der Waals surface area contributed by atoms with E-state index in [4.69, 9.17) is 10.5 Å². The van der Waals surface area contributed by atoms with Gasteiger partial charge in [0, 0.05) is 12.4 Å². The lowest BCUT2D eigenvalue weighted by Crippen LogP contribution is -2.21. The minimum absolute atomic E-state index is 0. The highest BCUT2D eigenvalue weighted by Crippen LogP contribution is 2.23. The molecule has 7 heteroatoms. The Labute approximate surface area is 147 Å². The minimum Gasteiger partial charge on any atom is -0.377 e. The number of thioether (sulfide) groups is 1. The van der Waals surface area contributed by atoms with Crippen LogP contribution in [0.4, 0.5) is 0 Å². The lowest BCUT2D eigenvalue weighted by atomic mass is 10.1. The molecule has 5 nitrogen and oxygen atoms in total. The molecule has 23 heavy (non-hydrogen) atoms. The molecule has 0 amide bonds. The van der Waals surface area contributed by atoms with Gasteiger partial charge in [-0.25, -0.2) is 0 Å². The maximum Gasteiger partial charge on any atom is 0.191 e. The number of benzene rings is 1. The van der Waals surface area contributed by atoms with Gasteiger partial charge in [-0.15, -0.1) is 22.6 Å². The van der Waals surface area contributed by atoms with Crippen LogP contribution in [0.2, 0.25) is 0 Å². The van der Waals surface area contributed by atoms with Crippen molar-refractivity contribution >= 4 is 24.2 Å². The van der Waals surface area contributed by atoms with E-state index in [0.717, 1.165) is 36.3 Å². The van der Waals surface area contributed by atoms with Crippen molar-refractivity contribution in [2.45, 2.75) is 43.6 Å². The Balaban J connectivity index is 0.00000192. The van der Waals surface area contributed by atoms with E-state index >= 15 is 0 Å². The van der Waals surface area contributed by atoms with Crippen LogP contribution in [0.1, 0.15) is 30.7 Å². The quantitative estimate of drug-likeness (QED) is 0.808. The summed E-state index contributed by atoms with van der Waals surface area (Å²) >= 11 is 1.72. The summed E-state index contributed by atoms with van der Waals surface area (Å²) in [5.41, 5.74) is 7.03. The molecule has 1 unspecified atom stereocenters. The summed E-state index contributed by atoms with van der Waals surface area (Å²) in [5, 5.41) is 9.46. The number of rotatable bonds is 6. The largest absolute Gasteiger partial charge is 0.377 e. The average Bonchev–Trinajstić information content (AvgIpc) is 2.97. The van der Waals surface area contributed by atoms with Gasteiger partial charge >= 0.3 is 0 Å². The Morgan fingerprint density at radius 1 is 1.22 bits per heavy atom. The lowest BCUT2D eigenvalue weighted by Gasteiger charge is -2.21. The molecule has 1 aromatic heterocycles. The molecule has 126 valence electrons. The number of aromatic nitrogens is 3. The molecular formula is C16H23ClN4OS. The Bertz CT molecular complexity index is 587. The fourth-order valence-electron chi connectivity index (χ4n) is 2.61. The molecule has 1 aromatic carbocycles. The monoisotopic (exact) mass is 354 g/mol. The van der Waals surface area contributed by atoms with E-state index in [9.17, 15) is 0 Å². The first-order chi connectivity index (χ1) is 10.9. The van der Waals surface area contributed by atoms with Crippen molar-refractivity contribution in [3.05, 3.63) is 41.7 Å². The van der Waals surface area contributed by atoms with Crippen LogP contribution in [0.3, 0.4) is 0 Å². The van der Waals surface area contributed by atoms with Crippen molar-refractivity contribution in [1.29, 1.82) is 0 Å². The van der Waals surface area contributed by atoms with E-state index in [1.807, 2.05) is 18.2 Å². The first-order valence-electron chi connectivity index (χ1n) is 7.77. The third-order valence-corrected chi connectivity index (χ3v) is 4.93. The zero-order valence-corrected chi connectivity index (χ0v) is 14.7. The van der Waals surface area contributed by atoms with Gasteiger partial charge in [-0.05, 0) is 24.8 Å². The van der Waals surface area contributed by atoms with E-state index in [-0.39, 0.29) is 12.4 Å². The van der Waals surface area contributed by atoms with E-state index in [0.29, 0.717) is 12.6 Å². The van der Waals surface area contributed by atoms with Gasteiger partial charge < -0.3 is 15.0 Å². The Morgan fingerprint density at radius 3 is 2.74 bits per heavy atom. The fourth-order valence-corrected chi connectivity index (χ4v) is 3.63. The van der Waals surface area contributed by atoms with Crippen LogP contribution >= 0.6 is 24.2 Å². The number of nitrogens with two attached hydrogens (primary N) is 1. The molecule has 1 saturated heterocycles. The highest BCUT2D eigenvalue weighted by Gasteiger charge is 2.17. The lowest BCUT2D eigenvalue weighted by molar-refractivity contribution is 0.0315. The van der Waals surface area contributed by atoms with Crippen molar-refractivity contribution in [2.75, 3.05) is 12.4 Å². The Morgan fingerprint density at radius 2 is 2.04 bits per heavy atom. The summed E-state index contributed by atoms with van der Waals surface area (Å²) in [4.78, 5) is 0. The summed E-state index contributed by atoms with van der Waals surface area (Å²) in [6.45, 7) is 2.05. The zero-order chi connectivity index (χ0) is 15.2. The number of nitrogens with zero attached hydrogens (tertiary/aromatic N) is 3. The van der Waals surface area contributed by atoms with Gasteiger partial charge in [0.25, 0.3) is 0 Å². The van der Waals surface area contributed by atoms with E-state index in [2.05, 4.69) is 26.9 Å². The first kappa shape index (κ1) is 18.3. The smallest absolute Gasteiger partial charge is 0.191 e. The van der Waals surface area contributed by atoms with Crippen LogP contribution in [-0.4, -0.2) is 33.2 Å². The van der Waals surface area contributed by atoms with Gasteiger partial charge in [-0.3, -0.25) is 0 Å². The Kier molecular flexibility index (Phi) is 7.36. The molecule has 0 spiro atoms. The number of halogens is 1. The van der Waals surface area contributed by atoms with Crippen LogP contribution in [0.15, 0.2) is 35.5 Å². The van der Waals surface area contributed by atoms with Crippen LogP contribution < -0.4 is 5.73 Å². The third-order valence-electron chi connectivity index (χ3n) is 3.83. The van der Waals surface area contributed by atoms with Gasteiger partial charge in [-0.2, -0.15) is 0 Å². The molecule has 2 aromatic rings. The van der Waals surface area contributed by atoms with Crippen LogP contribution in [-0.2, 0) is 17.8 Å². The number of hydrogen-bond acceptors (Lipinski definition) is 5. The number of hydrogen-bond donors (Lipinski definition) is 1. The Hall–Kier alpha value is -1.08. The summed E-state index contributed by atoms with van der Waals surface area (Å²) in [7, 11) is 0. The van der Waals surface area contributed by atoms with Crippen molar-refractivity contribution < 1.29 is 4.74 Å². The van der Waals surface area contributed by atoms with Crippen LogP contribution in [0.25, 0.3) is 0 Å². The molecule has 0 radical (unpaired) electrons. The fraction of sp³-hybridized carbons (Fsp3) is 0.500. The molecule has 0 bridgehead atoms. The molecule has 1 atom stereocenters. The maximum absolute atomic E-state index is 5.80. The molecule has 2 heterocycles. The van der Waals surface area contributed by atoms with E-state index in [1.54, 1.807) is 11.8 Å². The molecule has 0 saturated carbocycles. The van der Waals surface area contributed by atoms with Crippen molar-refractivity contribution in [1.82, 2.24) is 14.8 Å². The second-order valence-electron chi connectivity index (χ2n) is 5.47. The van der Waals surface area contributed by atoms with E-state index < -0.39 is 0 Å². The highest BCUT2D eigenvalue weighted by molar-refractivity contribution is 7.99. The summed E-state index contributed by atoms with van der Waals surface area (Å²) in [6.07, 6.45) is 3.92.